The first-order valence-electron chi connectivity index (χ1n) is 12.1. The molecule has 1 heterocycles. The zero-order chi connectivity index (χ0) is 27.9. The summed E-state index contributed by atoms with van der Waals surface area (Å²) in [5.74, 6) is -1.43. The lowest BCUT2D eigenvalue weighted by atomic mass is 10.2. The number of nitrogens with one attached hydrogen (secondary N) is 1. The molecule has 0 aliphatic carbocycles. The van der Waals surface area contributed by atoms with Gasteiger partial charge in [0.2, 0.25) is 0 Å². The highest BCUT2D eigenvalue weighted by Gasteiger charge is 2.39. The Morgan fingerprint density at radius 1 is 0.821 bits per heavy atom. The predicted molar refractivity (Wildman–Crippen MR) is 145 cm³/mol. The van der Waals surface area contributed by atoms with Gasteiger partial charge in [-0.25, -0.2) is 14.5 Å². The minimum atomic E-state index is -0.706. The van der Waals surface area contributed by atoms with Gasteiger partial charge in [0.25, 0.3) is 11.8 Å². The van der Waals surface area contributed by atoms with Crippen LogP contribution in [0.2, 0.25) is 0 Å². The molecule has 200 valence electrons. The zero-order valence-corrected chi connectivity index (χ0v) is 22.0. The molecule has 3 aromatic rings. The molecular weight excluding hydrogens is 524 g/mol. The van der Waals surface area contributed by atoms with Crippen molar-refractivity contribution in [2.45, 2.75) is 19.8 Å². The Kier molecular flexibility index (Phi) is 8.63. The van der Waals surface area contributed by atoms with E-state index >= 15 is 0 Å². The number of carbonyl (C=O) groups excluding carboxylic acids is 4. The van der Waals surface area contributed by atoms with Crippen molar-refractivity contribution in [3.05, 3.63) is 94.7 Å². The molecular formula is C29H25ClN2O7. The van der Waals surface area contributed by atoms with Gasteiger partial charge in [0.1, 0.15) is 22.2 Å². The van der Waals surface area contributed by atoms with Crippen molar-refractivity contribution in [1.29, 1.82) is 0 Å². The van der Waals surface area contributed by atoms with Crippen molar-refractivity contribution >= 4 is 46.7 Å². The number of hydrogen-bond donors (Lipinski definition) is 1. The molecule has 1 N–H and O–H groups in total. The lowest BCUT2D eigenvalue weighted by molar-refractivity contribution is -0.120. The quantitative estimate of drug-likeness (QED) is 0.157. The van der Waals surface area contributed by atoms with E-state index in [4.69, 9.17) is 25.8 Å². The number of ether oxygens (including phenoxy) is 3. The minimum Gasteiger partial charge on any atom is -0.497 e. The number of amides is 2. The summed E-state index contributed by atoms with van der Waals surface area (Å²) in [5.41, 5.74) is 1.15. The van der Waals surface area contributed by atoms with Crippen LogP contribution in [0.15, 0.2) is 83.5 Å². The van der Waals surface area contributed by atoms with Crippen LogP contribution in [0.3, 0.4) is 0 Å². The number of halogens is 1. The standard InChI is InChI=1S/C29H25ClN2O7/c1-3-4-17-38-28(35)18-7-11-21(12-8-18)32-26(33)24(30)25(27(32)34)31-20-9-5-19(6-10-20)29(36)39-23-15-13-22(37-2)14-16-23/h5-16,31H,3-4,17H2,1-2H3. The highest BCUT2D eigenvalue weighted by molar-refractivity contribution is 6.53. The zero-order valence-electron chi connectivity index (χ0n) is 21.2. The average Bonchev–Trinajstić information content (AvgIpc) is 3.16. The van der Waals surface area contributed by atoms with E-state index in [0.717, 1.165) is 17.7 Å². The lowest BCUT2D eigenvalue weighted by Gasteiger charge is -2.15. The Morgan fingerprint density at radius 2 is 1.41 bits per heavy atom. The number of methoxy groups -OCH3 is 1. The Labute approximate surface area is 229 Å². The molecule has 0 radical (unpaired) electrons. The molecule has 2 amide bonds. The third kappa shape index (κ3) is 6.27. The Hall–Kier alpha value is -4.63. The van der Waals surface area contributed by atoms with Gasteiger partial charge in [-0.1, -0.05) is 24.9 Å². The number of carbonyl (C=O) groups is 4. The molecule has 10 heteroatoms. The molecule has 0 spiro atoms. The SMILES string of the molecule is CCCCOC(=O)c1ccc(N2C(=O)C(Cl)=C(Nc3ccc(C(=O)Oc4ccc(OC)cc4)cc3)C2=O)cc1. The molecule has 0 atom stereocenters. The van der Waals surface area contributed by atoms with Crippen molar-refractivity contribution in [2.75, 3.05) is 23.9 Å². The summed E-state index contributed by atoms with van der Waals surface area (Å²) in [6.45, 7) is 2.31. The number of imide groups is 1. The first-order chi connectivity index (χ1) is 18.8. The fourth-order valence-corrected chi connectivity index (χ4v) is 3.84. The molecule has 0 aromatic heterocycles. The van der Waals surface area contributed by atoms with Crippen LogP contribution in [0.1, 0.15) is 40.5 Å². The Morgan fingerprint density at radius 3 is 2.03 bits per heavy atom. The summed E-state index contributed by atoms with van der Waals surface area (Å²) < 4.78 is 15.6. The van der Waals surface area contributed by atoms with E-state index in [0.29, 0.717) is 29.4 Å². The summed E-state index contributed by atoms with van der Waals surface area (Å²) in [5, 5.41) is 2.57. The summed E-state index contributed by atoms with van der Waals surface area (Å²) in [7, 11) is 1.54. The topological polar surface area (TPSA) is 111 Å². The van der Waals surface area contributed by atoms with Gasteiger partial charge in [0.15, 0.2) is 0 Å². The molecule has 1 aliphatic heterocycles. The average molecular weight is 549 g/mol. The second-order valence-corrected chi connectivity index (χ2v) is 8.82. The van der Waals surface area contributed by atoms with E-state index in [1.807, 2.05) is 6.92 Å². The van der Waals surface area contributed by atoms with Crippen LogP contribution in [0, 0.1) is 0 Å². The number of hydrogen-bond acceptors (Lipinski definition) is 8. The van der Waals surface area contributed by atoms with Crippen LogP contribution in [0.5, 0.6) is 11.5 Å². The van der Waals surface area contributed by atoms with Crippen molar-refractivity contribution < 1.29 is 33.4 Å². The molecule has 39 heavy (non-hydrogen) atoms. The number of nitrogens with zero attached hydrogens (tertiary/aromatic N) is 1. The molecule has 0 saturated heterocycles. The van der Waals surface area contributed by atoms with E-state index in [1.165, 1.54) is 36.4 Å². The Balaban J connectivity index is 1.40. The number of esters is 2. The van der Waals surface area contributed by atoms with Gasteiger partial charge in [0, 0.05) is 5.69 Å². The van der Waals surface area contributed by atoms with Crippen LogP contribution in [-0.2, 0) is 14.3 Å². The molecule has 3 aromatic carbocycles. The second kappa shape index (κ2) is 12.3. The smallest absolute Gasteiger partial charge is 0.343 e. The molecule has 0 fully saturated rings. The van der Waals surface area contributed by atoms with Gasteiger partial charge in [0.05, 0.1) is 30.5 Å². The number of unbranched alkanes of at least 4 members (excludes halogenated alkanes) is 1. The summed E-state index contributed by atoms with van der Waals surface area (Å²) in [4.78, 5) is 51.4. The maximum atomic E-state index is 13.1. The van der Waals surface area contributed by atoms with Crippen molar-refractivity contribution in [3.8, 4) is 11.5 Å². The van der Waals surface area contributed by atoms with Crippen LogP contribution in [0.4, 0.5) is 11.4 Å². The molecule has 0 unspecified atom stereocenters. The fraction of sp³-hybridized carbons (Fsp3) is 0.172. The summed E-state index contributed by atoms with van der Waals surface area (Å²) in [6.07, 6.45) is 1.66. The molecule has 4 rings (SSSR count). The van der Waals surface area contributed by atoms with Gasteiger partial charge >= 0.3 is 11.9 Å². The van der Waals surface area contributed by atoms with Gasteiger partial charge in [-0.05, 0) is 79.2 Å². The molecule has 1 aliphatic rings. The molecule has 0 saturated carbocycles. The van der Waals surface area contributed by atoms with E-state index in [1.54, 1.807) is 43.5 Å². The first kappa shape index (κ1) is 27.4. The summed E-state index contributed by atoms with van der Waals surface area (Å²) >= 11 is 6.21. The number of rotatable bonds is 10. The van der Waals surface area contributed by atoms with Crippen LogP contribution in [0.25, 0.3) is 0 Å². The Bertz CT molecular complexity index is 1420. The largest absolute Gasteiger partial charge is 0.497 e. The summed E-state index contributed by atoms with van der Waals surface area (Å²) in [6, 6.07) is 18.6. The predicted octanol–water partition coefficient (Wildman–Crippen LogP) is 5.31. The van der Waals surface area contributed by atoms with Gasteiger partial charge in [-0.3, -0.25) is 9.59 Å². The minimum absolute atomic E-state index is 0.113. The molecule has 9 nitrogen and oxygen atoms in total. The first-order valence-corrected chi connectivity index (χ1v) is 12.5. The third-order valence-electron chi connectivity index (χ3n) is 5.78. The monoisotopic (exact) mass is 548 g/mol. The van der Waals surface area contributed by atoms with Gasteiger partial charge in [-0.2, -0.15) is 0 Å². The van der Waals surface area contributed by atoms with Crippen molar-refractivity contribution in [2.24, 2.45) is 0 Å². The van der Waals surface area contributed by atoms with Gasteiger partial charge in [-0.15, -0.1) is 0 Å². The van der Waals surface area contributed by atoms with E-state index in [9.17, 15) is 19.2 Å². The van der Waals surface area contributed by atoms with Gasteiger partial charge < -0.3 is 19.5 Å². The van der Waals surface area contributed by atoms with Crippen LogP contribution >= 0.6 is 11.6 Å². The van der Waals surface area contributed by atoms with Crippen LogP contribution < -0.4 is 19.7 Å². The molecule has 0 bridgehead atoms. The van der Waals surface area contributed by atoms with E-state index < -0.39 is 23.8 Å². The maximum absolute atomic E-state index is 13.1. The third-order valence-corrected chi connectivity index (χ3v) is 6.13. The normalized spacial score (nSPS) is 12.9. The lowest BCUT2D eigenvalue weighted by Crippen LogP contribution is -2.32. The number of benzene rings is 3. The van der Waals surface area contributed by atoms with E-state index in [-0.39, 0.29) is 22.0 Å². The second-order valence-electron chi connectivity index (χ2n) is 8.44. The van der Waals surface area contributed by atoms with E-state index in [2.05, 4.69) is 5.32 Å². The van der Waals surface area contributed by atoms with Crippen molar-refractivity contribution in [3.63, 3.8) is 0 Å². The fourth-order valence-electron chi connectivity index (χ4n) is 3.63. The highest BCUT2D eigenvalue weighted by Crippen LogP contribution is 2.30. The maximum Gasteiger partial charge on any atom is 0.343 e. The highest BCUT2D eigenvalue weighted by atomic mass is 35.5. The van der Waals surface area contributed by atoms with Crippen LogP contribution in [-0.4, -0.2) is 37.5 Å². The number of anilines is 2. The van der Waals surface area contributed by atoms with Crippen molar-refractivity contribution in [1.82, 2.24) is 0 Å².